The van der Waals surface area contributed by atoms with Gasteiger partial charge in [-0.2, -0.15) is 0 Å². The third-order valence-corrected chi connectivity index (χ3v) is 20.4. The molecule has 9 aliphatic rings. The van der Waals surface area contributed by atoms with Gasteiger partial charge in [-0.15, -0.1) is 0 Å². The summed E-state index contributed by atoms with van der Waals surface area (Å²) in [6, 6.07) is 0. The maximum Gasteiger partial charge on any atom is 0.302 e. The van der Waals surface area contributed by atoms with E-state index in [2.05, 4.69) is 6.92 Å². The van der Waals surface area contributed by atoms with Gasteiger partial charge in [0, 0.05) is 73.2 Å². The molecule has 0 aromatic rings. The van der Waals surface area contributed by atoms with Gasteiger partial charge >= 0.3 is 11.9 Å². The average molecular weight is 1160 g/mol. The lowest BCUT2D eigenvalue weighted by atomic mass is 9.42. The molecule has 0 aromatic carbocycles. The number of rotatable bonds is 16. The van der Waals surface area contributed by atoms with Crippen LogP contribution in [0.5, 0.6) is 0 Å². The van der Waals surface area contributed by atoms with E-state index >= 15 is 0 Å². The molecule has 0 radical (unpaired) electrons. The summed E-state index contributed by atoms with van der Waals surface area (Å²) in [4.78, 5) is 38.2. The van der Waals surface area contributed by atoms with Gasteiger partial charge in [0.2, 0.25) is 0 Å². The fourth-order valence-electron chi connectivity index (χ4n) is 15.9. The van der Waals surface area contributed by atoms with E-state index in [-0.39, 0.29) is 51.0 Å². The highest BCUT2D eigenvalue weighted by molar-refractivity contribution is 5.87. The van der Waals surface area contributed by atoms with Crippen molar-refractivity contribution in [2.45, 2.75) is 298 Å². The van der Waals surface area contributed by atoms with Crippen molar-refractivity contribution in [3.8, 4) is 0 Å². The summed E-state index contributed by atoms with van der Waals surface area (Å²) in [5.41, 5.74) is -6.98. The van der Waals surface area contributed by atoms with E-state index in [1.807, 2.05) is 19.9 Å². The molecule has 5 N–H and O–H groups in total. The van der Waals surface area contributed by atoms with E-state index in [9.17, 15) is 39.9 Å². The second-order valence-electron chi connectivity index (χ2n) is 25.1. The molecule has 5 saturated heterocycles. The monoisotopic (exact) mass is 1160 g/mol. The first kappa shape index (κ1) is 63.1. The molecule has 5 heterocycles. The first-order chi connectivity index (χ1) is 38.1. The van der Waals surface area contributed by atoms with Crippen molar-refractivity contribution < 1.29 is 111 Å². The molecule has 0 aromatic heterocycles. The Labute approximate surface area is 475 Å². The van der Waals surface area contributed by atoms with Gasteiger partial charge in [0.25, 0.3) is 0 Å². The van der Waals surface area contributed by atoms with E-state index in [1.54, 1.807) is 49.0 Å². The maximum absolute atomic E-state index is 13.1. The molecule has 0 spiro atoms. The molecule has 28 atom stereocenters. The van der Waals surface area contributed by atoms with Gasteiger partial charge in [-0.3, -0.25) is 14.4 Å². The number of carbonyl (C=O) groups is 3. The Morgan fingerprint density at radius 3 is 1.51 bits per heavy atom. The highest BCUT2D eigenvalue weighted by atomic mass is 16.8. The number of esters is 2. The Morgan fingerprint density at radius 2 is 1.01 bits per heavy atom. The van der Waals surface area contributed by atoms with Crippen LogP contribution in [-0.4, -0.2) is 217 Å². The fourth-order valence-corrected chi connectivity index (χ4v) is 15.9. The van der Waals surface area contributed by atoms with Gasteiger partial charge in [-0.1, -0.05) is 18.6 Å². The average Bonchev–Trinajstić information content (AvgIpc) is 2.37. The first-order valence-corrected chi connectivity index (χ1v) is 29.3. The summed E-state index contributed by atoms with van der Waals surface area (Å²) in [5, 5.41) is 59.5. The number of aliphatic hydroxyl groups is 5. The molecule has 3 saturated carbocycles. The molecule has 0 bridgehead atoms. The van der Waals surface area contributed by atoms with Crippen LogP contribution in [0.1, 0.15) is 146 Å². The van der Waals surface area contributed by atoms with Crippen LogP contribution in [0.2, 0.25) is 0 Å². The smallest absolute Gasteiger partial charge is 0.302 e. The summed E-state index contributed by atoms with van der Waals surface area (Å²) < 4.78 is 93.2. The molecule has 0 amide bonds. The molecule has 5 aliphatic heterocycles. The Kier molecular flexibility index (Phi) is 19.0. The van der Waals surface area contributed by atoms with Gasteiger partial charge < -0.3 is 96.6 Å². The Bertz CT molecular complexity index is 2240. The van der Waals surface area contributed by atoms with Crippen LogP contribution in [0.15, 0.2) is 11.6 Å². The number of hydrogen-bond donors (Lipinski definition) is 5. The van der Waals surface area contributed by atoms with Crippen LogP contribution in [-0.2, 0) is 85.4 Å². The van der Waals surface area contributed by atoms with Crippen LogP contribution in [0.3, 0.4) is 0 Å². The number of ether oxygens (including phenoxy) is 15. The lowest BCUT2D eigenvalue weighted by Gasteiger charge is -2.67. The minimum absolute atomic E-state index is 0.0491. The summed E-state index contributed by atoms with van der Waals surface area (Å²) in [7, 11) is 4.75. The van der Waals surface area contributed by atoms with Crippen molar-refractivity contribution in [3.63, 3.8) is 0 Å². The van der Waals surface area contributed by atoms with Crippen LogP contribution in [0.4, 0.5) is 0 Å². The number of hydrogen-bond acceptors (Lipinski definition) is 23. The van der Waals surface area contributed by atoms with Crippen LogP contribution < -0.4 is 0 Å². The molecule has 4 aliphatic carbocycles. The summed E-state index contributed by atoms with van der Waals surface area (Å²) in [6.07, 6.45) is -9.89. The van der Waals surface area contributed by atoms with Crippen molar-refractivity contribution in [3.05, 3.63) is 11.6 Å². The van der Waals surface area contributed by atoms with Crippen LogP contribution >= 0.6 is 0 Å². The highest BCUT2D eigenvalue weighted by Gasteiger charge is 2.81. The van der Waals surface area contributed by atoms with Crippen LogP contribution in [0.25, 0.3) is 0 Å². The molecular formula is C58H92O23. The van der Waals surface area contributed by atoms with E-state index < -0.39 is 180 Å². The molecule has 81 heavy (non-hydrogen) atoms. The third kappa shape index (κ3) is 11.6. The highest BCUT2D eigenvalue weighted by Crippen LogP contribution is 2.71. The van der Waals surface area contributed by atoms with Crippen molar-refractivity contribution in [2.75, 3.05) is 21.3 Å². The molecular weight excluding hydrogens is 1060 g/mol. The van der Waals surface area contributed by atoms with E-state index in [0.717, 1.165) is 5.57 Å². The van der Waals surface area contributed by atoms with Gasteiger partial charge in [-0.25, -0.2) is 0 Å². The van der Waals surface area contributed by atoms with Gasteiger partial charge in [-0.05, 0) is 98.8 Å². The third-order valence-electron chi connectivity index (χ3n) is 20.4. The minimum atomic E-state index is -2.01. The molecule has 9 rings (SSSR count). The van der Waals surface area contributed by atoms with Crippen molar-refractivity contribution in [2.24, 2.45) is 16.7 Å². The SMILES string of the molecule is CO[C@H]1C[C@H](O[C@H]2[C@H](C)O[C@@H](O[C@H]3[C@@H](OC(C)=O)C[C@H](O[C@H]4[C@@H](O)C[C@H](O[C@H]5CC[C@@]6(C)C(=CC[C@]7(O)[C@@H]6C[C@@H](OC(C)=O)[C@@]6(C)[C@@]7(O)CC[C@@]6(O)C(C)=O)C5)O[C@@H]4C)O[C@@H]3C)C[C@H]2OC)O[C@H](C)[C@H]1O[C@H]1C[C@@H](OC)[C@@H](O)[C@H](C)O1. The van der Waals surface area contributed by atoms with Crippen molar-refractivity contribution in [1.82, 2.24) is 0 Å². The maximum atomic E-state index is 13.1. The summed E-state index contributed by atoms with van der Waals surface area (Å²) >= 11 is 0. The Hall–Kier alpha value is -2.37. The number of methoxy groups -OCH3 is 3. The summed E-state index contributed by atoms with van der Waals surface area (Å²) in [5.74, 6) is -2.26. The van der Waals surface area contributed by atoms with Crippen molar-refractivity contribution >= 4 is 17.7 Å². The predicted molar refractivity (Wildman–Crippen MR) is 280 cm³/mol. The second kappa shape index (κ2) is 24.4. The minimum Gasteiger partial charge on any atom is -0.462 e. The Balaban J connectivity index is 0.775. The second-order valence-corrected chi connectivity index (χ2v) is 25.1. The molecule has 8 fully saturated rings. The number of ketones is 1. The number of fused-ring (bicyclic) bond motifs is 5. The lowest BCUT2D eigenvalue weighted by molar-refractivity contribution is -0.351. The number of aliphatic hydroxyl groups excluding tert-OH is 2. The molecule has 23 heteroatoms. The largest absolute Gasteiger partial charge is 0.462 e. The molecule has 23 nitrogen and oxygen atoms in total. The zero-order chi connectivity index (χ0) is 58.9. The van der Waals surface area contributed by atoms with Gasteiger partial charge in [0.1, 0.15) is 59.5 Å². The van der Waals surface area contributed by atoms with Gasteiger partial charge in [0.15, 0.2) is 37.2 Å². The molecule has 462 valence electrons. The van der Waals surface area contributed by atoms with Gasteiger partial charge in [0.05, 0.1) is 66.5 Å². The van der Waals surface area contributed by atoms with Crippen LogP contribution in [0, 0.1) is 16.7 Å². The fraction of sp³-hybridized carbons (Fsp3) is 0.914. The van der Waals surface area contributed by atoms with Crippen molar-refractivity contribution in [1.29, 1.82) is 0 Å². The first-order valence-electron chi connectivity index (χ1n) is 29.3. The van der Waals surface area contributed by atoms with E-state index in [0.29, 0.717) is 32.1 Å². The van der Waals surface area contributed by atoms with E-state index in [4.69, 9.17) is 71.1 Å². The quantitative estimate of drug-likeness (QED) is 0.109. The lowest BCUT2D eigenvalue weighted by Crippen LogP contribution is -2.78. The molecule has 0 unspecified atom stereocenters. The predicted octanol–water partition coefficient (Wildman–Crippen LogP) is 3.34. The topological polar surface area (TPSA) is 291 Å². The Morgan fingerprint density at radius 1 is 0.556 bits per heavy atom. The normalized spacial score (nSPS) is 51.0. The summed E-state index contributed by atoms with van der Waals surface area (Å²) in [6.45, 7) is 16.6. The zero-order valence-corrected chi connectivity index (χ0v) is 49.4. The number of Topliss-reactive ketones (excluding diaryl/α,β-unsaturated/α-hetero) is 1. The standard InChI is InChI=1S/C58H92O23/c1-27-49(63)38(67-11)22-45(70-27)79-51-29(3)72-46(23-39(51)68-12)80-52-30(4)73-47(24-40(52)69-13)81-53-31(5)74-48(25-41(53)75-33(7)60)78-50-28(2)71-44(21-37(50)62)77-36-15-16-54(9)35(20-36)14-17-57(65)42(54)26-43(76-34(8)61)55(10)56(64,32(6)59)18-19-58(55,57)66/h14,27-31,36-53,62-66H,15-26H2,1-13H3/t27-,28+,29+,30-,31+,36-,37-,38+,39-,40+,41-,42+,43+,44-,45-,46-,47-,48-,49-,50+,51+,52-,53+,54-,55+,56+,57-,58-/m0/s1. The van der Waals surface area contributed by atoms with E-state index in [1.165, 1.54) is 20.8 Å². The zero-order valence-electron chi connectivity index (χ0n) is 49.4. The number of carbonyl (C=O) groups excluding carboxylic acids is 3.